The van der Waals surface area contributed by atoms with Gasteiger partial charge in [0.1, 0.15) is 11.3 Å². The van der Waals surface area contributed by atoms with Crippen LogP contribution in [0.4, 0.5) is 0 Å². The summed E-state index contributed by atoms with van der Waals surface area (Å²) >= 11 is 6.50. The third kappa shape index (κ3) is 2.80. The first kappa shape index (κ1) is 15.5. The Bertz CT molecular complexity index is 893. The summed E-state index contributed by atoms with van der Waals surface area (Å²) in [6, 6.07) is 12.4. The van der Waals surface area contributed by atoms with E-state index in [1.54, 1.807) is 19.1 Å². The number of aliphatic hydroxyl groups excluding tert-OH is 1. The molecule has 4 N–H and O–H groups in total. The Kier molecular flexibility index (Phi) is 4.05. The van der Waals surface area contributed by atoms with Crippen LogP contribution in [0, 0.1) is 11.3 Å². The number of hydrogen-bond acceptors (Lipinski definition) is 4. The van der Waals surface area contributed by atoms with Crippen LogP contribution in [-0.4, -0.2) is 21.2 Å². The first-order valence-electron chi connectivity index (χ1n) is 7.13. The van der Waals surface area contributed by atoms with Crippen molar-refractivity contribution in [1.29, 1.82) is 5.26 Å². The van der Waals surface area contributed by atoms with E-state index in [0.29, 0.717) is 21.9 Å². The summed E-state index contributed by atoms with van der Waals surface area (Å²) < 4.78 is 0. The molecule has 1 heterocycles. The Morgan fingerprint density at radius 1 is 1.26 bits per heavy atom. The van der Waals surface area contributed by atoms with Gasteiger partial charge in [0.05, 0.1) is 34.3 Å². The number of imidazole rings is 1. The molecule has 0 saturated carbocycles. The summed E-state index contributed by atoms with van der Waals surface area (Å²) in [4.78, 5) is 7.52. The van der Waals surface area contributed by atoms with Gasteiger partial charge in [0.15, 0.2) is 0 Å². The maximum Gasteiger partial charge on any atom is 0.126 e. The number of aliphatic hydroxyl groups is 1. The zero-order chi connectivity index (χ0) is 16.6. The van der Waals surface area contributed by atoms with Crippen LogP contribution in [0.5, 0.6) is 0 Å². The van der Waals surface area contributed by atoms with E-state index in [4.69, 9.17) is 22.6 Å². The summed E-state index contributed by atoms with van der Waals surface area (Å²) in [7, 11) is 0. The van der Waals surface area contributed by atoms with Crippen molar-refractivity contribution in [2.45, 2.75) is 19.1 Å². The molecule has 2 unspecified atom stereocenters. The zero-order valence-corrected chi connectivity index (χ0v) is 13.2. The first-order chi connectivity index (χ1) is 11.0. The maximum absolute atomic E-state index is 9.61. The van der Waals surface area contributed by atoms with E-state index in [1.165, 1.54) is 0 Å². The fourth-order valence-corrected chi connectivity index (χ4v) is 2.71. The number of aromatic nitrogens is 2. The van der Waals surface area contributed by atoms with Crippen LogP contribution in [0.1, 0.15) is 24.4 Å². The van der Waals surface area contributed by atoms with E-state index in [1.807, 2.05) is 24.3 Å². The molecule has 2 atom stereocenters. The maximum atomic E-state index is 9.61. The lowest BCUT2D eigenvalue weighted by Crippen LogP contribution is -2.24. The Labute approximate surface area is 138 Å². The molecule has 0 aliphatic rings. The minimum Gasteiger partial charge on any atom is -0.391 e. The average molecular weight is 327 g/mol. The Morgan fingerprint density at radius 3 is 2.57 bits per heavy atom. The second-order valence-corrected chi connectivity index (χ2v) is 5.78. The Hall–Kier alpha value is -2.39. The minimum absolute atomic E-state index is 0.494. The van der Waals surface area contributed by atoms with Crippen LogP contribution < -0.4 is 5.73 Å². The largest absolute Gasteiger partial charge is 0.391 e. The summed E-state index contributed by atoms with van der Waals surface area (Å²) in [5, 5.41) is 19.0. The van der Waals surface area contributed by atoms with Crippen molar-refractivity contribution >= 4 is 22.6 Å². The smallest absolute Gasteiger partial charge is 0.126 e. The van der Waals surface area contributed by atoms with Crippen LogP contribution in [0.15, 0.2) is 36.4 Å². The molecule has 2 aromatic carbocycles. The van der Waals surface area contributed by atoms with Gasteiger partial charge in [-0.05, 0) is 30.7 Å². The number of nitrogens with one attached hydrogen (secondary N) is 1. The Morgan fingerprint density at radius 2 is 1.96 bits per heavy atom. The molecule has 3 aromatic rings. The molecular formula is C17H15ClN4O. The zero-order valence-electron chi connectivity index (χ0n) is 12.4. The number of halogens is 1. The lowest BCUT2D eigenvalue weighted by Gasteiger charge is -2.10. The van der Waals surface area contributed by atoms with Gasteiger partial charge in [-0.15, -0.1) is 0 Å². The van der Waals surface area contributed by atoms with Crippen molar-refractivity contribution in [2.75, 3.05) is 0 Å². The van der Waals surface area contributed by atoms with Crippen molar-refractivity contribution in [1.82, 2.24) is 9.97 Å². The van der Waals surface area contributed by atoms with E-state index in [-0.39, 0.29) is 0 Å². The number of H-pyrrole nitrogens is 1. The quantitative estimate of drug-likeness (QED) is 0.688. The van der Waals surface area contributed by atoms with Gasteiger partial charge < -0.3 is 15.8 Å². The molecule has 6 heteroatoms. The van der Waals surface area contributed by atoms with Gasteiger partial charge in [-0.2, -0.15) is 5.26 Å². The summed E-state index contributed by atoms with van der Waals surface area (Å²) in [5.41, 5.74) is 9.61. The molecule has 0 bridgehead atoms. The van der Waals surface area contributed by atoms with Gasteiger partial charge in [0.2, 0.25) is 0 Å². The van der Waals surface area contributed by atoms with Crippen LogP contribution in [-0.2, 0) is 0 Å². The highest BCUT2D eigenvalue weighted by molar-refractivity contribution is 6.37. The number of hydrogen-bond donors (Lipinski definition) is 3. The van der Waals surface area contributed by atoms with E-state index in [2.05, 4.69) is 16.0 Å². The molecule has 0 saturated heterocycles. The summed E-state index contributed by atoms with van der Waals surface area (Å²) in [6.07, 6.45) is -0.715. The lowest BCUT2D eigenvalue weighted by molar-refractivity contribution is 0.161. The predicted octanol–water partition coefficient (Wildman–Crippen LogP) is 3.14. The summed E-state index contributed by atoms with van der Waals surface area (Å²) in [5.74, 6) is 0.494. The molecule has 5 nitrogen and oxygen atoms in total. The SMILES string of the molecule is CC(O)C(N)c1nc2c(Cl)c(-c3ccc(C#N)cc3)ccc2[nH]1. The van der Waals surface area contributed by atoms with E-state index < -0.39 is 12.1 Å². The van der Waals surface area contributed by atoms with E-state index in [9.17, 15) is 5.11 Å². The van der Waals surface area contributed by atoms with Crippen LogP contribution in [0.2, 0.25) is 5.02 Å². The molecular weight excluding hydrogens is 312 g/mol. The molecule has 3 rings (SSSR count). The molecule has 0 fully saturated rings. The number of aromatic amines is 1. The average Bonchev–Trinajstić information content (AvgIpc) is 2.99. The van der Waals surface area contributed by atoms with E-state index in [0.717, 1.165) is 16.6 Å². The molecule has 116 valence electrons. The van der Waals surface area contributed by atoms with Crippen molar-refractivity contribution in [3.05, 3.63) is 52.8 Å². The van der Waals surface area contributed by atoms with Crippen LogP contribution >= 0.6 is 11.6 Å². The first-order valence-corrected chi connectivity index (χ1v) is 7.51. The molecule has 23 heavy (non-hydrogen) atoms. The van der Waals surface area contributed by atoms with Crippen molar-refractivity contribution in [3.8, 4) is 17.2 Å². The van der Waals surface area contributed by atoms with Crippen molar-refractivity contribution in [2.24, 2.45) is 5.73 Å². The fraction of sp³-hybridized carbons (Fsp3) is 0.176. The fourth-order valence-electron chi connectivity index (χ4n) is 2.39. The van der Waals surface area contributed by atoms with Crippen LogP contribution in [0.3, 0.4) is 0 Å². The third-order valence-corrected chi connectivity index (χ3v) is 4.15. The highest BCUT2D eigenvalue weighted by Gasteiger charge is 2.18. The number of rotatable bonds is 3. The van der Waals surface area contributed by atoms with Gasteiger partial charge in [-0.1, -0.05) is 29.8 Å². The third-order valence-electron chi connectivity index (χ3n) is 3.77. The topological polar surface area (TPSA) is 98.7 Å². The Balaban J connectivity index is 2.09. The molecule has 0 aliphatic carbocycles. The molecule has 0 spiro atoms. The van der Waals surface area contributed by atoms with Crippen molar-refractivity contribution in [3.63, 3.8) is 0 Å². The van der Waals surface area contributed by atoms with Gasteiger partial charge in [0, 0.05) is 5.56 Å². The number of fused-ring (bicyclic) bond motifs is 1. The molecule has 1 aromatic heterocycles. The number of benzene rings is 2. The monoisotopic (exact) mass is 326 g/mol. The second-order valence-electron chi connectivity index (χ2n) is 5.40. The van der Waals surface area contributed by atoms with Gasteiger partial charge in [0.25, 0.3) is 0 Å². The lowest BCUT2D eigenvalue weighted by atomic mass is 10.0. The number of nitrogens with two attached hydrogens (primary N) is 1. The molecule has 0 aliphatic heterocycles. The predicted molar refractivity (Wildman–Crippen MR) is 89.9 cm³/mol. The van der Waals surface area contributed by atoms with Crippen LogP contribution in [0.25, 0.3) is 22.2 Å². The summed E-state index contributed by atoms with van der Waals surface area (Å²) in [6.45, 7) is 1.61. The van der Waals surface area contributed by atoms with Crippen molar-refractivity contribution < 1.29 is 5.11 Å². The number of nitriles is 1. The highest BCUT2D eigenvalue weighted by atomic mass is 35.5. The molecule has 0 radical (unpaired) electrons. The minimum atomic E-state index is -0.715. The van der Waals surface area contributed by atoms with Gasteiger partial charge >= 0.3 is 0 Å². The van der Waals surface area contributed by atoms with E-state index >= 15 is 0 Å². The second kappa shape index (κ2) is 6.01. The molecule has 0 amide bonds. The van der Waals surface area contributed by atoms with Gasteiger partial charge in [-0.25, -0.2) is 4.98 Å². The normalized spacial score (nSPS) is 13.7. The highest BCUT2D eigenvalue weighted by Crippen LogP contribution is 2.34. The standard InChI is InChI=1S/C17H15ClN4O/c1-9(23)15(20)17-21-13-7-6-12(14(18)16(13)22-17)11-4-2-10(8-19)3-5-11/h2-7,9,15,23H,20H2,1H3,(H,21,22). The number of nitrogens with zero attached hydrogens (tertiary/aromatic N) is 2. The van der Waals surface area contributed by atoms with Gasteiger partial charge in [-0.3, -0.25) is 0 Å².